The maximum atomic E-state index is 11.3. The zero-order valence-electron chi connectivity index (χ0n) is 9.70. The lowest BCUT2D eigenvalue weighted by Gasteiger charge is -2.27. The van der Waals surface area contributed by atoms with Crippen LogP contribution in [0.5, 0.6) is 0 Å². The van der Waals surface area contributed by atoms with Gasteiger partial charge in [0.25, 0.3) is 0 Å². The summed E-state index contributed by atoms with van der Waals surface area (Å²) in [6.45, 7) is 9.17. The number of carbonyl (C=O) groups excluding carboxylic acids is 1. The fourth-order valence-electron chi connectivity index (χ4n) is 1.77. The topological polar surface area (TPSA) is 61.6 Å². The third-order valence-corrected chi connectivity index (χ3v) is 2.75. The number of hydrogen-bond donors (Lipinski definition) is 2. The highest BCUT2D eigenvalue weighted by Crippen LogP contribution is 2.00. The quantitative estimate of drug-likeness (QED) is 0.637. The fourth-order valence-corrected chi connectivity index (χ4v) is 1.77. The lowest BCUT2D eigenvalue weighted by molar-refractivity contribution is 0.186. The van der Waals surface area contributed by atoms with Gasteiger partial charge in [-0.2, -0.15) is 0 Å². The van der Waals surface area contributed by atoms with Crippen LogP contribution < -0.4 is 11.1 Å². The maximum Gasteiger partial charge on any atom is 0.317 e. The number of amides is 2. The number of rotatable bonds is 6. The van der Waals surface area contributed by atoms with Crippen LogP contribution in [0, 0.1) is 0 Å². The van der Waals surface area contributed by atoms with Gasteiger partial charge in [-0.05, 0) is 13.8 Å². The largest absolute Gasteiger partial charge is 0.336 e. The second kappa shape index (κ2) is 5.92. The van der Waals surface area contributed by atoms with E-state index in [1.165, 1.54) is 0 Å². The van der Waals surface area contributed by atoms with Crippen molar-refractivity contribution in [2.75, 3.05) is 39.3 Å². The molecule has 0 aromatic heterocycles. The average molecular weight is 214 g/mol. The van der Waals surface area contributed by atoms with Gasteiger partial charge in [0.05, 0.1) is 0 Å². The number of carbonyl (C=O) groups is 1. The van der Waals surface area contributed by atoms with E-state index < -0.39 is 0 Å². The van der Waals surface area contributed by atoms with E-state index in [2.05, 4.69) is 24.1 Å². The van der Waals surface area contributed by atoms with Crippen molar-refractivity contribution in [1.82, 2.24) is 15.1 Å². The van der Waals surface area contributed by atoms with E-state index in [0.29, 0.717) is 12.6 Å². The summed E-state index contributed by atoms with van der Waals surface area (Å²) in [5.74, 6) is 0. The van der Waals surface area contributed by atoms with E-state index in [9.17, 15) is 4.79 Å². The van der Waals surface area contributed by atoms with Crippen molar-refractivity contribution in [2.24, 2.45) is 5.73 Å². The van der Waals surface area contributed by atoms with Crippen LogP contribution in [-0.2, 0) is 0 Å². The summed E-state index contributed by atoms with van der Waals surface area (Å²) in [6, 6.07) is 0.547. The van der Waals surface area contributed by atoms with Crippen molar-refractivity contribution in [3.63, 3.8) is 0 Å². The van der Waals surface area contributed by atoms with Gasteiger partial charge in [-0.1, -0.05) is 0 Å². The van der Waals surface area contributed by atoms with Gasteiger partial charge in [0.15, 0.2) is 0 Å². The Morgan fingerprint density at radius 2 is 2.27 bits per heavy atom. The number of hydrogen-bond acceptors (Lipinski definition) is 3. The SMILES string of the molecule is CC(C)N(CCN)CCN1CCNC1=O. The highest BCUT2D eigenvalue weighted by molar-refractivity contribution is 5.76. The van der Waals surface area contributed by atoms with Crippen LogP contribution in [0.25, 0.3) is 0 Å². The predicted octanol–water partition coefficient (Wildman–Crippen LogP) is -0.319. The van der Waals surface area contributed by atoms with Crippen LogP contribution in [0.1, 0.15) is 13.8 Å². The Kier molecular flexibility index (Phi) is 4.84. The molecule has 0 saturated carbocycles. The first-order valence-electron chi connectivity index (χ1n) is 5.62. The first-order valence-corrected chi connectivity index (χ1v) is 5.62. The van der Waals surface area contributed by atoms with E-state index in [1.807, 2.05) is 4.90 Å². The van der Waals surface area contributed by atoms with Crippen molar-refractivity contribution in [1.29, 1.82) is 0 Å². The standard InChI is InChI=1S/C10H22N4O/c1-9(2)13(5-3-11)7-8-14-6-4-12-10(14)15/h9H,3-8,11H2,1-2H3,(H,12,15). The first kappa shape index (κ1) is 12.3. The Bertz CT molecular complexity index is 208. The highest BCUT2D eigenvalue weighted by atomic mass is 16.2. The Hall–Kier alpha value is -0.810. The van der Waals surface area contributed by atoms with Crippen LogP contribution >= 0.6 is 0 Å². The van der Waals surface area contributed by atoms with Gasteiger partial charge in [0, 0.05) is 45.3 Å². The molecule has 88 valence electrons. The van der Waals surface area contributed by atoms with E-state index in [4.69, 9.17) is 5.73 Å². The van der Waals surface area contributed by atoms with Gasteiger partial charge in [0.2, 0.25) is 0 Å². The number of nitrogens with two attached hydrogens (primary N) is 1. The molecule has 5 heteroatoms. The fraction of sp³-hybridized carbons (Fsp3) is 0.900. The summed E-state index contributed by atoms with van der Waals surface area (Å²) in [5.41, 5.74) is 5.54. The molecule has 1 saturated heterocycles. The highest BCUT2D eigenvalue weighted by Gasteiger charge is 2.20. The van der Waals surface area contributed by atoms with Gasteiger partial charge in [-0.15, -0.1) is 0 Å². The van der Waals surface area contributed by atoms with Gasteiger partial charge in [0.1, 0.15) is 0 Å². The van der Waals surface area contributed by atoms with Gasteiger partial charge < -0.3 is 16.0 Å². The van der Waals surface area contributed by atoms with Crippen molar-refractivity contribution >= 4 is 6.03 Å². The maximum absolute atomic E-state index is 11.3. The summed E-state index contributed by atoms with van der Waals surface area (Å²) in [6.07, 6.45) is 0. The van der Waals surface area contributed by atoms with Crippen molar-refractivity contribution in [3.8, 4) is 0 Å². The van der Waals surface area contributed by atoms with Crippen LogP contribution in [0.4, 0.5) is 4.79 Å². The number of nitrogens with zero attached hydrogens (tertiary/aromatic N) is 2. The summed E-state index contributed by atoms with van der Waals surface area (Å²) in [5, 5.41) is 2.80. The summed E-state index contributed by atoms with van der Waals surface area (Å²) in [4.78, 5) is 15.4. The Morgan fingerprint density at radius 3 is 2.73 bits per heavy atom. The Labute approximate surface area is 91.6 Å². The number of nitrogens with one attached hydrogen (secondary N) is 1. The average Bonchev–Trinajstić information content (AvgIpc) is 2.58. The summed E-state index contributed by atoms with van der Waals surface area (Å²) in [7, 11) is 0. The van der Waals surface area contributed by atoms with Gasteiger partial charge in [-0.25, -0.2) is 4.79 Å². The molecule has 1 aliphatic rings. The lowest BCUT2D eigenvalue weighted by atomic mass is 10.3. The summed E-state index contributed by atoms with van der Waals surface area (Å²) < 4.78 is 0. The Morgan fingerprint density at radius 1 is 1.53 bits per heavy atom. The molecule has 0 aromatic carbocycles. The van der Waals surface area contributed by atoms with E-state index in [-0.39, 0.29) is 6.03 Å². The molecule has 0 atom stereocenters. The third-order valence-electron chi connectivity index (χ3n) is 2.75. The molecule has 0 radical (unpaired) electrons. The van der Waals surface area contributed by atoms with Crippen molar-refractivity contribution in [2.45, 2.75) is 19.9 Å². The van der Waals surface area contributed by atoms with Crippen molar-refractivity contribution < 1.29 is 4.79 Å². The molecule has 1 aliphatic heterocycles. The molecule has 0 unspecified atom stereocenters. The minimum Gasteiger partial charge on any atom is -0.336 e. The second-order valence-corrected chi connectivity index (χ2v) is 4.14. The molecule has 1 heterocycles. The van der Waals surface area contributed by atoms with E-state index in [0.717, 1.165) is 32.7 Å². The molecular formula is C10H22N4O. The van der Waals surface area contributed by atoms with Crippen LogP contribution in [0.3, 0.4) is 0 Å². The Balaban J connectivity index is 2.29. The molecular weight excluding hydrogens is 192 g/mol. The monoisotopic (exact) mass is 214 g/mol. The zero-order valence-corrected chi connectivity index (χ0v) is 9.70. The molecule has 3 N–H and O–H groups in total. The minimum atomic E-state index is 0.0615. The molecule has 1 rings (SSSR count). The second-order valence-electron chi connectivity index (χ2n) is 4.14. The van der Waals surface area contributed by atoms with Crippen LogP contribution in [-0.4, -0.2) is 61.1 Å². The van der Waals surface area contributed by atoms with Crippen molar-refractivity contribution in [3.05, 3.63) is 0 Å². The molecule has 1 fully saturated rings. The van der Waals surface area contributed by atoms with E-state index >= 15 is 0 Å². The molecule has 0 aromatic rings. The number of urea groups is 1. The zero-order chi connectivity index (χ0) is 11.3. The first-order chi connectivity index (χ1) is 7.15. The van der Waals surface area contributed by atoms with Gasteiger partial charge in [-0.3, -0.25) is 4.90 Å². The van der Waals surface area contributed by atoms with E-state index in [1.54, 1.807) is 0 Å². The summed E-state index contributed by atoms with van der Waals surface area (Å²) >= 11 is 0. The predicted molar refractivity (Wildman–Crippen MR) is 60.7 cm³/mol. The molecule has 0 bridgehead atoms. The lowest BCUT2D eigenvalue weighted by Crippen LogP contribution is -2.42. The minimum absolute atomic E-state index is 0.0615. The normalized spacial score (nSPS) is 16.6. The molecule has 15 heavy (non-hydrogen) atoms. The third kappa shape index (κ3) is 3.68. The smallest absolute Gasteiger partial charge is 0.317 e. The van der Waals surface area contributed by atoms with Gasteiger partial charge >= 0.3 is 6.03 Å². The molecule has 5 nitrogen and oxygen atoms in total. The molecule has 0 aliphatic carbocycles. The van der Waals surface area contributed by atoms with Crippen LogP contribution in [0.15, 0.2) is 0 Å². The molecule has 0 spiro atoms. The van der Waals surface area contributed by atoms with Crippen LogP contribution in [0.2, 0.25) is 0 Å². The molecule has 2 amide bonds.